The Bertz CT molecular complexity index is 822. The molecular formula is C21H20ClN3O. The number of hydrogen-bond acceptors (Lipinski definition) is 3. The van der Waals surface area contributed by atoms with Crippen LogP contribution in [0.4, 0.5) is 5.69 Å². The lowest BCUT2D eigenvalue weighted by Crippen LogP contribution is -2.29. The number of halogens is 1. The van der Waals surface area contributed by atoms with Crippen molar-refractivity contribution in [3.8, 4) is 6.07 Å². The number of carbonyl (C=O) groups is 1. The van der Waals surface area contributed by atoms with Crippen molar-refractivity contribution >= 4 is 29.3 Å². The van der Waals surface area contributed by atoms with Gasteiger partial charge in [-0.2, -0.15) is 5.26 Å². The van der Waals surface area contributed by atoms with E-state index in [4.69, 9.17) is 16.9 Å². The van der Waals surface area contributed by atoms with Gasteiger partial charge in [-0.1, -0.05) is 23.7 Å². The molecule has 132 valence electrons. The fraction of sp³-hybridized carbons (Fsp3) is 0.238. The van der Waals surface area contributed by atoms with Gasteiger partial charge in [-0.25, -0.2) is 0 Å². The first-order chi connectivity index (χ1) is 12.6. The molecule has 1 amide bonds. The molecule has 1 fully saturated rings. The predicted molar refractivity (Wildman–Crippen MR) is 105 cm³/mol. The highest BCUT2D eigenvalue weighted by atomic mass is 35.5. The SMILES string of the molecule is N#Cc1ccc(/C=C/C(=O)NCC2CCN(c3ccc(Cl)cc3)C2)cc1. The molecule has 1 saturated heterocycles. The molecule has 0 aromatic heterocycles. The lowest BCUT2D eigenvalue weighted by molar-refractivity contribution is -0.116. The molecule has 0 saturated carbocycles. The number of amides is 1. The molecule has 1 N–H and O–H groups in total. The van der Waals surface area contributed by atoms with Gasteiger partial charge in [0.1, 0.15) is 0 Å². The molecule has 1 unspecified atom stereocenters. The normalized spacial score (nSPS) is 16.6. The number of rotatable bonds is 5. The fourth-order valence-corrected chi connectivity index (χ4v) is 3.16. The van der Waals surface area contributed by atoms with Gasteiger partial charge >= 0.3 is 0 Å². The van der Waals surface area contributed by atoms with Crippen LogP contribution < -0.4 is 10.2 Å². The van der Waals surface area contributed by atoms with Crippen LogP contribution in [-0.2, 0) is 4.79 Å². The molecular weight excluding hydrogens is 346 g/mol. The van der Waals surface area contributed by atoms with E-state index in [9.17, 15) is 4.79 Å². The number of anilines is 1. The summed E-state index contributed by atoms with van der Waals surface area (Å²) in [4.78, 5) is 14.3. The van der Waals surface area contributed by atoms with E-state index in [2.05, 4.69) is 16.3 Å². The minimum absolute atomic E-state index is 0.0979. The molecule has 5 heteroatoms. The zero-order valence-electron chi connectivity index (χ0n) is 14.4. The van der Waals surface area contributed by atoms with Crippen molar-refractivity contribution in [1.29, 1.82) is 5.26 Å². The summed E-state index contributed by atoms with van der Waals surface area (Å²) in [5, 5.41) is 12.5. The second-order valence-corrected chi connectivity index (χ2v) is 6.83. The highest BCUT2D eigenvalue weighted by Gasteiger charge is 2.22. The van der Waals surface area contributed by atoms with E-state index in [1.807, 2.05) is 36.4 Å². The molecule has 0 radical (unpaired) electrons. The average Bonchev–Trinajstić information content (AvgIpc) is 3.14. The molecule has 2 aromatic rings. The van der Waals surface area contributed by atoms with Gasteiger partial charge in [-0.3, -0.25) is 4.79 Å². The summed E-state index contributed by atoms with van der Waals surface area (Å²) in [7, 11) is 0. The second kappa shape index (κ2) is 8.55. The third kappa shape index (κ3) is 4.87. The lowest BCUT2D eigenvalue weighted by Gasteiger charge is -2.18. The summed E-state index contributed by atoms with van der Waals surface area (Å²) >= 11 is 5.93. The molecule has 26 heavy (non-hydrogen) atoms. The molecule has 4 nitrogen and oxygen atoms in total. The van der Waals surface area contributed by atoms with E-state index in [0.717, 1.165) is 30.1 Å². The molecule has 2 aromatic carbocycles. The van der Waals surface area contributed by atoms with Crippen LogP contribution in [0.5, 0.6) is 0 Å². The van der Waals surface area contributed by atoms with Crippen LogP contribution in [0.15, 0.2) is 54.6 Å². The van der Waals surface area contributed by atoms with Crippen molar-refractivity contribution in [1.82, 2.24) is 5.32 Å². The topological polar surface area (TPSA) is 56.1 Å². The maximum absolute atomic E-state index is 12.0. The Kier molecular flexibility index (Phi) is 5.93. The van der Waals surface area contributed by atoms with E-state index in [-0.39, 0.29) is 5.91 Å². The average molecular weight is 366 g/mol. The Hall–Kier alpha value is -2.77. The summed E-state index contributed by atoms with van der Waals surface area (Å²) in [6.07, 6.45) is 4.35. The molecule has 1 aliphatic rings. The van der Waals surface area contributed by atoms with Crippen molar-refractivity contribution in [2.75, 3.05) is 24.5 Å². The van der Waals surface area contributed by atoms with E-state index >= 15 is 0 Å². The first-order valence-corrected chi connectivity index (χ1v) is 8.98. The van der Waals surface area contributed by atoms with Gasteiger partial charge < -0.3 is 10.2 Å². The van der Waals surface area contributed by atoms with Gasteiger partial charge in [-0.15, -0.1) is 0 Å². The summed E-state index contributed by atoms with van der Waals surface area (Å²) in [5.74, 6) is 0.345. The smallest absolute Gasteiger partial charge is 0.244 e. The van der Waals surface area contributed by atoms with Crippen LogP contribution in [0.1, 0.15) is 17.5 Å². The van der Waals surface area contributed by atoms with E-state index in [1.165, 1.54) is 11.8 Å². The Morgan fingerprint density at radius 2 is 1.96 bits per heavy atom. The molecule has 0 bridgehead atoms. The van der Waals surface area contributed by atoms with Gasteiger partial charge in [0.15, 0.2) is 0 Å². The van der Waals surface area contributed by atoms with Crippen molar-refractivity contribution in [2.24, 2.45) is 5.92 Å². The Labute approximate surface area is 158 Å². The van der Waals surface area contributed by atoms with Crippen molar-refractivity contribution < 1.29 is 4.79 Å². The van der Waals surface area contributed by atoms with Gasteiger partial charge in [0.25, 0.3) is 0 Å². The van der Waals surface area contributed by atoms with E-state index in [0.29, 0.717) is 18.0 Å². The zero-order chi connectivity index (χ0) is 18.4. The monoisotopic (exact) mass is 365 g/mol. The fourth-order valence-electron chi connectivity index (χ4n) is 3.03. The summed E-state index contributed by atoms with van der Waals surface area (Å²) < 4.78 is 0. The standard InChI is InChI=1S/C21H20ClN3O/c22-19-6-8-20(9-7-19)25-12-11-18(15-25)14-24-21(26)10-5-16-1-3-17(13-23)4-2-16/h1-10,18H,11-12,14-15H2,(H,24,26)/b10-5+. The van der Waals surface area contributed by atoms with E-state index < -0.39 is 0 Å². The van der Waals surface area contributed by atoms with Crippen LogP contribution >= 0.6 is 11.6 Å². The van der Waals surface area contributed by atoms with Crippen molar-refractivity contribution in [2.45, 2.75) is 6.42 Å². The summed E-state index contributed by atoms with van der Waals surface area (Å²) in [5.41, 5.74) is 2.68. The maximum Gasteiger partial charge on any atom is 0.244 e. The van der Waals surface area contributed by atoms with Gasteiger partial charge in [0.2, 0.25) is 5.91 Å². The number of hydrogen-bond donors (Lipinski definition) is 1. The van der Waals surface area contributed by atoms with Crippen molar-refractivity contribution in [3.63, 3.8) is 0 Å². The third-order valence-electron chi connectivity index (χ3n) is 4.51. The van der Waals surface area contributed by atoms with Gasteiger partial charge in [0, 0.05) is 36.4 Å². The molecule has 0 aliphatic carbocycles. The minimum Gasteiger partial charge on any atom is -0.371 e. The molecule has 1 atom stereocenters. The maximum atomic E-state index is 12.0. The number of nitriles is 1. The quantitative estimate of drug-likeness (QED) is 0.818. The number of nitrogens with one attached hydrogen (secondary N) is 1. The number of benzene rings is 2. The molecule has 0 spiro atoms. The number of nitrogens with zero attached hydrogens (tertiary/aromatic N) is 2. The number of carbonyl (C=O) groups excluding carboxylic acids is 1. The van der Waals surface area contributed by atoms with Crippen molar-refractivity contribution in [3.05, 3.63) is 70.8 Å². The van der Waals surface area contributed by atoms with Gasteiger partial charge in [-0.05, 0) is 60.4 Å². The Morgan fingerprint density at radius 3 is 2.65 bits per heavy atom. The third-order valence-corrected chi connectivity index (χ3v) is 4.76. The predicted octanol–water partition coefficient (Wildman–Crippen LogP) is 3.87. The summed E-state index contributed by atoms with van der Waals surface area (Å²) in [6, 6.07) is 17.1. The Morgan fingerprint density at radius 1 is 1.23 bits per heavy atom. The minimum atomic E-state index is -0.0979. The van der Waals surface area contributed by atoms with Crippen LogP contribution in [0.2, 0.25) is 5.02 Å². The van der Waals surface area contributed by atoms with Crippen LogP contribution in [-0.4, -0.2) is 25.5 Å². The van der Waals surface area contributed by atoms with E-state index in [1.54, 1.807) is 18.2 Å². The highest BCUT2D eigenvalue weighted by molar-refractivity contribution is 6.30. The zero-order valence-corrected chi connectivity index (χ0v) is 15.1. The largest absolute Gasteiger partial charge is 0.371 e. The first-order valence-electron chi connectivity index (χ1n) is 8.60. The first kappa shape index (κ1) is 18.0. The lowest BCUT2D eigenvalue weighted by atomic mass is 10.1. The Balaban J connectivity index is 1.45. The van der Waals surface area contributed by atoms with Gasteiger partial charge in [0.05, 0.1) is 11.6 Å². The van der Waals surface area contributed by atoms with Crippen LogP contribution in [0.3, 0.4) is 0 Å². The molecule has 1 aliphatic heterocycles. The summed E-state index contributed by atoms with van der Waals surface area (Å²) in [6.45, 7) is 2.59. The molecule has 1 heterocycles. The molecule has 3 rings (SSSR count). The highest BCUT2D eigenvalue weighted by Crippen LogP contribution is 2.24. The van der Waals surface area contributed by atoms with Crippen LogP contribution in [0, 0.1) is 17.2 Å². The van der Waals surface area contributed by atoms with Crippen LogP contribution in [0.25, 0.3) is 6.08 Å². The second-order valence-electron chi connectivity index (χ2n) is 6.39.